The van der Waals surface area contributed by atoms with Gasteiger partial charge in [0.1, 0.15) is 0 Å². The minimum atomic E-state index is -0.275. The van der Waals surface area contributed by atoms with Crippen molar-refractivity contribution in [2.45, 2.75) is 90.4 Å². The monoisotopic (exact) mass is 394 g/mol. The molecule has 0 aromatic heterocycles. The number of carbonyl (C=O) groups is 1. The Morgan fingerprint density at radius 2 is 1.43 bits per heavy atom. The van der Waals surface area contributed by atoms with E-state index in [4.69, 9.17) is 4.74 Å². The fourth-order valence-electron chi connectivity index (χ4n) is 2.89. The zero-order valence-corrected chi connectivity index (χ0v) is 18.9. The number of nitrogens with one attached hydrogen (secondary N) is 1. The highest BCUT2D eigenvalue weighted by Crippen LogP contribution is 2.09. The van der Waals surface area contributed by atoms with Gasteiger partial charge in [-0.3, -0.25) is 0 Å². The average Bonchev–Trinajstić information content (AvgIpc) is 2.67. The lowest BCUT2D eigenvalue weighted by atomic mass is 10.1. The minimum absolute atomic E-state index is 0.275. The second kappa shape index (κ2) is 22.0. The SMILES string of the molecule is CCCC/C=C/C/C=C\CCCCCCCCCNC(=O)OCCCN(C)C. The van der Waals surface area contributed by atoms with Gasteiger partial charge in [-0.2, -0.15) is 0 Å². The van der Waals surface area contributed by atoms with Crippen molar-refractivity contribution in [3.8, 4) is 0 Å². The summed E-state index contributed by atoms with van der Waals surface area (Å²) in [5.41, 5.74) is 0. The first-order chi connectivity index (χ1) is 13.7. The Balaban J connectivity index is 3.23. The molecule has 164 valence electrons. The second-order valence-electron chi connectivity index (χ2n) is 7.80. The third-order valence-corrected chi connectivity index (χ3v) is 4.63. The van der Waals surface area contributed by atoms with Gasteiger partial charge in [0.05, 0.1) is 6.61 Å². The zero-order valence-electron chi connectivity index (χ0n) is 18.9. The first-order valence-electron chi connectivity index (χ1n) is 11.5. The molecule has 0 rings (SSSR count). The predicted molar refractivity (Wildman–Crippen MR) is 122 cm³/mol. The topological polar surface area (TPSA) is 41.6 Å². The zero-order chi connectivity index (χ0) is 20.7. The van der Waals surface area contributed by atoms with E-state index in [-0.39, 0.29) is 6.09 Å². The number of nitrogens with zero attached hydrogens (tertiary/aromatic N) is 1. The molecule has 0 unspecified atom stereocenters. The molecule has 28 heavy (non-hydrogen) atoms. The van der Waals surface area contributed by atoms with Crippen molar-refractivity contribution < 1.29 is 9.53 Å². The average molecular weight is 395 g/mol. The first-order valence-corrected chi connectivity index (χ1v) is 11.5. The Morgan fingerprint density at radius 3 is 2.07 bits per heavy atom. The molecule has 0 radical (unpaired) electrons. The molecule has 0 aliphatic heterocycles. The van der Waals surface area contributed by atoms with E-state index in [1.54, 1.807) is 0 Å². The minimum Gasteiger partial charge on any atom is -0.450 e. The molecule has 0 saturated heterocycles. The fraction of sp³-hybridized carbons (Fsp3) is 0.792. The molecule has 0 bridgehead atoms. The predicted octanol–water partition coefficient (Wildman–Crippen LogP) is 6.48. The number of amides is 1. The standard InChI is InChI=1S/C24H46N2O2/c1-4-5-6-7-8-9-10-11-12-13-14-15-16-17-18-19-21-25-24(27)28-23-20-22-26(2)3/h7-8,10-11H,4-6,9,12-23H2,1-3H3,(H,25,27)/b8-7+,11-10-. The highest BCUT2D eigenvalue weighted by atomic mass is 16.5. The molecule has 0 aromatic carbocycles. The molecule has 0 aliphatic carbocycles. The summed E-state index contributed by atoms with van der Waals surface area (Å²) in [4.78, 5) is 13.6. The van der Waals surface area contributed by atoms with Crippen molar-refractivity contribution >= 4 is 6.09 Å². The van der Waals surface area contributed by atoms with E-state index in [9.17, 15) is 4.79 Å². The molecule has 4 heteroatoms. The number of carbonyl (C=O) groups excluding carboxylic acids is 1. The number of allylic oxidation sites excluding steroid dienone is 4. The molecule has 0 aliphatic rings. The van der Waals surface area contributed by atoms with Crippen molar-refractivity contribution in [2.75, 3.05) is 33.8 Å². The van der Waals surface area contributed by atoms with Crippen molar-refractivity contribution in [3.63, 3.8) is 0 Å². The third kappa shape index (κ3) is 22.8. The van der Waals surface area contributed by atoms with Crippen molar-refractivity contribution in [2.24, 2.45) is 0 Å². The van der Waals surface area contributed by atoms with Crippen LogP contribution in [0.1, 0.15) is 90.4 Å². The van der Waals surface area contributed by atoms with Gasteiger partial charge < -0.3 is 15.0 Å². The van der Waals surface area contributed by atoms with Crippen LogP contribution in [-0.4, -0.2) is 44.8 Å². The Bertz CT molecular complexity index is 392. The maximum atomic E-state index is 11.5. The highest BCUT2D eigenvalue weighted by molar-refractivity contribution is 5.66. The number of ether oxygens (including phenoxy) is 1. The van der Waals surface area contributed by atoms with Crippen molar-refractivity contribution in [3.05, 3.63) is 24.3 Å². The van der Waals surface area contributed by atoms with Crippen LogP contribution in [0.2, 0.25) is 0 Å². The van der Waals surface area contributed by atoms with Crippen LogP contribution in [-0.2, 0) is 4.74 Å². The number of hydrogen-bond donors (Lipinski definition) is 1. The Morgan fingerprint density at radius 1 is 0.821 bits per heavy atom. The molecular formula is C24H46N2O2. The van der Waals surface area contributed by atoms with E-state index in [2.05, 4.69) is 41.4 Å². The van der Waals surface area contributed by atoms with E-state index >= 15 is 0 Å². The van der Waals surface area contributed by atoms with Gasteiger partial charge >= 0.3 is 6.09 Å². The van der Waals surface area contributed by atoms with Gasteiger partial charge in [0.2, 0.25) is 0 Å². The first kappa shape index (κ1) is 26.7. The highest BCUT2D eigenvalue weighted by Gasteiger charge is 2.00. The summed E-state index contributed by atoms with van der Waals surface area (Å²) in [6, 6.07) is 0. The van der Waals surface area contributed by atoms with E-state index in [0.717, 1.165) is 32.4 Å². The molecule has 0 heterocycles. The van der Waals surface area contributed by atoms with Crippen LogP contribution in [0.15, 0.2) is 24.3 Å². The van der Waals surface area contributed by atoms with Gasteiger partial charge in [0.25, 0.3) is 0 Å². The van der Waals surface area contributed by atoms with E-state index in [1.165, 1.54) is 64.2 Å². The van der Waals surface area contributed by atoms with Gasteiger partial charge in [-0.1, -0.05) is 76.2 Å². The Hall–Kier alpha value is -1.29. The lowest BCUT2D eigenvalue weighted by molar-refractivity contribution is 0.141. The molecule has 0 aromatic rings. The largest absolute Gasteiger partial charge is 0.450 e. The molecule has 1 amide bonds. The van der Waals surface area contributed by atoms with Crippen LogP contribution in [0.25, 0.3) is 0 Å². The van der Waals surface area contributed by atoms with Crippen molar-refractivity contribution in [1.29, 1.82) is 0 Å². The fourth-order valence-corrected chi connectivity index (χ4v) is 2.89. The Labute approximate surface area is 174 Å². The molecule has 0 fully saturated rings. The van der Waals surface area contributed by atoms with Crippen LogP contribution < -0.4 is 5.32 Å². The molecule has 1 N–H and O–H groups in total. The van der Waals surface area contributed by atoms with Gasteiger partial charge in [0.15, 0.2) is 0 Å². The molecule has 0 spiro atoms. The summed E-state index contributed by atoms with van der Waals surface area (Å²) in [6.45, 7) is 4.40. The lowest BCUT2D eigenvalue weighted by Gasteiger charge is -2.10. The summed E-state index contributed by atoms with van der Waals surface area (Å²) in [5.74, 6) is 0. The van der Waals surface area contributed by atoms with Gasteiger partial charge in [-0.25, -0.2) is 4.79 Å². The molecular weight excluding hydrogens is 348 g/mol. The normalized spacial score (nSPS) is 11.7. The summed E-state index contributed by atoms with van der Waals surface area (Å²) in [6.07, 6.45) is 24.7. The van der Waals surface area contributed by atoms with E-state index in [1.807, 2.05) is 14.1 Å². The summed E-state index contributed by atoms with van der Waals surface area (Å²) in [7, 11) is 4.04. The molecule has 0 atom stereocenters. The number of alkyl carbamates (subject to hydrolysis) is 1. The summed E-state index contributed by atoms with van der Waals surface area (Å²) < 4.78 is 5.14. The van der Waals surface area contributed by atoms with Crippen LogP contribution >= 0.6 is 0 Å². The van der Waals surface area contributed by atoms with Crippen LogP contribution in [0.4, 0.5) is 4.79 Å². The maximum Gasteiger partial charge on any atom is 0.407 e. The van der Waals surface area contributed by atoms with Crippen LogP contribution in [0, 0.1) is 0 Å². The summed E-state index contributed by atoms with van der Waals surface area (Å²) >= 11 is 0. The quantitative estimate of drug-likeness (QED) is 0.201. The number of rotatable bonds is 19. The molecule has 0 saturated carbocycles. The van der Waals surface area contributed by atoms with Crippen LogP contribution in [0.5, 0.6) is 0 Å². The number of unbranched alkanes of at least 4 members (excludes halogenated alkanes) is 9. The second-order valence-corrected chi connectivity index (χ2v) is 7.80. The van der Waals surface area contributed by atoms with Crippen molar-refractivity contribution in [1.82, 2.24) is 10.2 Å². The molecule has 4 nitrogen and oxygen atoms in total. The van der Waals surface area contributed by atoms with Gasteiger partial charge in [-0.15, -0.1) is 0 Å². The third-order valence-electron chi connectivity index (χ3n) is 4.63. The van der Waals surface area contributed by atoms with E-state index in [0.29, 0.717) is 6.61 Å². The van der Waals surface area contributed by atoms with Crippen LogP contribution in [0.3, 0.4) is 0 Å². The summed E-state index contributed by atoms with van der Waals surface area (Å²) in [5, 5.41) is 2.83. The van der Waals surface area contributed by atoms with Gasteiger partial charge in [-0.05, 0) is 52.6 Å². The lowest BCUT2D eigenvalue weighted by Crippen LogP contribution is -2.26. The van der Waals surface area contributed by atoms with Gasteiger partial charge in [0, 0.05) is 13.1 Å². The Kier molecular flexibility index (Phi) is 21.0. The smallest absolute Gasteiger partial charge is 0.407 e. The van der Waals surface area contributed by atoms with E-state index < -0.39 is 0 Å². The maximum absolute atomic E-state index is 11.5. The number of hydrogen-bond acceptors (Lipinski definition) is 3.